The molecule has 1 fully saturated rings. The van der Waals surface area contributed by atoms with E-state index in [2.05, 4.69) is 17.6 Å². The lowest BCUT2D eigenvalue weighted by Gasteiger charge is -2.19. The maximum absolute atomic E-state index is 13.2. The van der Waals surface area contributed by atoms with E-state index in [9.17, 15) is 9.59 Å². The first kappa shape index (κ1) is 22.2. The standard InChI is InChI=1S/C25H29NO3S/c1-2-3-14-23(27)29-26-24(19-10-6-4-7-11-19)25(28)20-15-17-22(18-16-20)30-21-12-8-5-9-13-21/h5,8-9,12-13,15-18,26H,2-4,6-7,10-11,14H2,1H3. The van der Waals surface area contributed by atoms with Crippen LogP contribution in [0.15, 0.2) is 75.7 Å². The molecule has 2 aromatic carbocycles. The van der Waals surface area contributed by atoms with Crippen molar-refractivity contribution in [2.75, 3.05) is 0 Å². The van der Waals surface area contributed by atoms with Gasteiger partial charge in [-0.15, -0.1) is 0 Å². The van der Waals surface area contributed by atoms with Crippen molar-refractivity contribution in [3.05, 3.63) is 71.4 Å². The molecule has 0 radical (unpaired) electrons. The van der Waals surface area contributed by atoms with Crippen LogP contribution in [0.4, 0.5) is 0 Å². The van der Waals surface area contributed by atoms with E-state index in [1.165, 1.54) is 6.42 Å². The maximum Gasteiger partial charge on any atom is 0.332 e. The zero-order chi connectivity index (χ0) is 21.2. The molecule has 158 valence electrons. The van der Waals surface area contributed by atoms with Gasteiger partial charge in [0.25, 0.3) is 0 Å². The first-order valence-corrected chi connectivity index (χ1v) is 11.5. The smallest absolute Gasteiger partial charge is 0.332 e. The van der Waals surface area contributed by atoms with Crippen LogP contribution < -0.4 is 5.48 Å². The van der Waals surface area contributed by atoms with E-state index in [4.69, 9.17) is 4.84 Å². The Kier molecular flexibility index (Phi) is 8.57. The molecule has 0 aromatic heterocycles. The van der Waals surface area contributed by atoms with Gasteiger partial charge in [0, 0.05) is 21.8 Å². The molecule has 0 bridgehead atoms. The average Bonchev–Trinajstić information content (AvgIpc) is 2.79. The quantitative estimate of drug-likeness (QED) is 0.284. The van der Waals surface area contributed by atoms with Gasteiger partial charge < -0.3 is 4.84 Å². The van der Waals surface area contributed by atoms with Gasteiger partial charge in [0.15, 0.2) is 0 Å². The van der Waals surface area contributed by atoms with Crippen molar-refractivity contribution >= 4 is 23.5 Å². The number of hydroxylamine groups is 1. The normalized spacial score (nSPS) is 13.6. The van der Waals surface area contributed by atoms with Crippen LogP contribution in [0.1, 0.15) is 68.6 Å². The third-order valence-electron chi connectivity index (χ3n) is 5.13. The minimum Gasteiger partial charge on any atom is -0.343 e. The summed E-state index contributed by atoms with van der Waals surface area (Å²) in [5.41, 5.74) is 4.81. The summed E-state index contributed by atoms with van der Waals surface area (Å²) in [5, 5.41) is 0. The fraction of sp³-hybridized carbons (Fsp3) is 0.360. The van der Waals surface area contributed by atoms with Crippen molar-refractivity contribution in [3.8, 4) is 0 Å². The minimum atomic E-state index is -0.326. The fourth-order valence-corrected chi connectivity index (χ4v) is 4.27. The molecule has 2 aromatic rings. The summed E-state index contributed by atoms with van der Waals surface area (Å²) >= 11 is 1.66. The Morgan fingerprint density at radius 2 is 1.60 bits per heavy atom. The number of carbonyl (C=O) groups excluding carboxylic acids is 2. The van der Waals surface area contributed by atoms with Crippen molar-refractivity contribution in [3.63, 3.8) is 0 Å². The number of benzene rings is 2. The number of carbonyl (C=O) groups is 2. The second kappa shape index (κ2) is 11.6. The Labute approximate surface area is 183 Å². The molecular weight excluding hydrogens is 394 g/mol. The molecule has 3 rings (SSSR count). The number of unbranched alkanes of at least 4 members (excludes halogenated alkanes) is 1. The Morgan fingerprint density at radius 3 is 2.27 bits per heavy atom. The van der Waals surface area contributed by atoms with Crippen LogP contribution in [-0.4, -0.2) is 11.8 Å². The van der Waals surface area contributed by atoms with Crippen molar-refractivity contribution < 1.29 is 14.4 Å². The van der Waals surface area contributed by atoms with Crippen molar-refractivity contribution in [1.82, 2.24) is 5.48 Å². The van der Waals surface area contributed by atoms with Crippen LogP contribution in [0, 0.1) is 0 Å². The van der Waals surface area contributed by atoms with Crippen molar-refractivity contribution in [2.45, 2.75) is 68.1 Å². The Bertz CT molecular complexity index is 867. The van der Waals surface area contributed by atoms with E-state index in [0.29, 0.717) is 17.7 Å². The number of hydrogen-bond acceptors (Lipinski definition) is 5. The van der Waals surface area contributed by atoms with E-state index >= 15 is 0 Å². The lowest BCUT2D eigenvalue weighted by atomic mass is 9.91. The highest BCUT2D eigenvalue weighted by molar-refractivity contribution is 7.99. The zero-order valence-electron chi connectivity index (χ0n) is 17.5. The Balaban J connectivity index is 1.72. The fourth-order valence-electron chi connectivity index (χ4n) is 3.43. The van der Waals surface area contributed by atoms with E-state index in [-0.39, 0.29) is 11.8 Å². The van der Waals surface area contributed by atoms with Crippen molar-refractivity contribution in [2.24, 2.45) is 0 Å². The van der Waals surface area contributed by atoms with Gasteiger partial charge in [-0.1, -0.05) is 49.7 Å². The van der Waals surface area contributed by atoms with Crippen LogP contribution in [-0.2, 0) is 9.63 Å². The summed E-state index contributed by atoms with van der Waals surface area (Å²) in [6, 6.07) is 17.7. The number of hydrogen-bond donors (Lipinski definition) is 1. The third kappa shape index (κ3) is 6.49. The molecule has 0 atom stereocenters. The summed E-state index contributed by atoms with van der Waals surface area (Å²) in [4.78, 5) is 32.6. The van der Waals surface area contributed by atoms with Gasteiger partial charge in [-0.3, -0.25) is 4.79 Å². The molecule has 5 heteroatoms. The predicted molar refractivity (Wildman–Crippen MR) is 120 cm³/mol. The molecule has 1 N–H and O–H groups in total. The minimum absolute atomic E-state index is 0.119. The Hall–Kier alpha value is -2.53. The molecule has 0 saturated heterocycles. The second-order valence-corrected chi connectivity index (χ2v) is 8.63. The molecule has 1 aliphatic carbocycles. The SMILES string of the molecule is CCCCC(=O)ONC(C(=O)c1ccc(Sc2ccccc2)cc1)=C1CCCCC1. The summed E-state index contributed by atoms with van der Waals surface area (Å²) in [6.07, 6.45) is 7.08. The highest BCUT2D eigenvalue weighted by Crippen LogP contribution is 2.29. The van der Waals surface area contributed by atoms with Gasteiger partial charge in [-0.25, -0.2) is 10.3 Å². The van der Waals surface area contributed by atoms with Crippen LogP contribution in [0.5, 0.6) is 0 Å². The van der Waals surface area contributed by atoms with Gasteiger partial charge in [0.1, 0.15) is 5.70 Å². The lowest BCUT2D eigenvalue weighted by Crippen LogP contribution is -2.26. The van der Waals surface area contributed by atoms with Crippen LogP contribution in [0.3, 0.4) is 0 Å². The first-order chi connectivity index (χ1) is 14.7. The molecule has 1 saturated carbocycles. The number of rotatable bonds is 9. The zero-order valence-corrected chi connectivity index (χ0v) is 18.3. The molecule has 30 heavy (non-hydrogen) atoms. The van der Waals surface area contributed by atoms with E-state index in [1.54, 1.807) is 11.8 Å². The molecule has 0 unspecified atom stereocenters. The van der Waals surface area contributed by atoms with Crippen molar-refractivity contribution in [1.29, 1.82) is 0 Å². The molecule has 0 aliphatic heterocycles. The molecular formula is C25H29NO3S. The van der Waals surface area contributed by atoms with E-state index < -0.39 is 0 Å². The molecule has 0 amide bonds. The van der Waals surface area contributed by atoms with Gasteiger partial charge in [-0.05, 0) is 74.1 Å². The lowest BCUT2D eigenvalue weighted by molar-refractivity contribution is -0.149. The van der Waals surface area contributed by atoms with Crippen LogP contribution >= 0.6 is 11.8 Å². The third-order valence-corrected chi connectivity index (χ3v) is 6.15. The topological polar surface area (TPSA) is 55.4 Å². The molecule has 0 heterocycles. The average molecular weight is 424 g/mol. The predicted octanol–water partition coefficient (Wildman–Crippen LogP) is 6.48. The van der Waals surface area contributed by atoms with E-state index in [0.717, 1.165) is 53.9 Å². The highest BCUT2D eigenvalue weighted by Gasteiger charge is 2.21. The first-order valence-electron chi connectivity index (χ1n) is 10.7. The van der Waals surface area contributed by atoms with Gasteiger partial charge in [-0.2, -0.15) is 0 Å². The van der Waals surface area contributed by atoms with Gasteiger partial charge in [0.2, 0.25) is 5.78 Å². The monoisotopic (exact) mass is 423 g/mol. The number of ketones is 1. The summed E-state index contributed by atoms with van der Waals surface area (Å²) in [5.74, 6) is -0.445. The molecule has 1 aliphatic rings. The summed E-state index contributed by atoms with van der Waals surface area (Å²) in [6.45, 7) is 2.03. The molecule has 0 spiro atoms. The number of Topliss-reactive ketones (excluding diaryl/α,β-unsaturated/α-hetero) is 1. The maximum atomic E-state index is 13.2. The van der Waals surface area contributed by atoms with Crippen LogP contribution in [0.2, 0.25) is 0 Å². The van der Waals surface area contributed by atoms with Gasteiger partial charge >= 0.3 is 5.97 Å². The highest BCUT2D eigenvalue weighted by atomic mass is 32.2. The Morgan fingerprint density at radius 1 is 0.933 bits per heavy atom. The molecule has 4 nitrogen and oxygen atoms in total. The van der Waals surface area contributed by atoms with Gasteiger partial charge in [0.05, 0.1) is 0 Å². The summed E-state index contributed by atoms with van der Waals surface area (Å²) < 4.78 is 0. The van der Waals surface area contributed by atoms with E-state index in [1.807, 2.05) is 49.4 Å². The summed E-state index contributed by atoms with van der Waals surface area (Å²) in [7, 11) is 0. The number of allylic oxidation sites excluding steroid dienone is 2. The second-order valence-electron chi connectivity index (χ2n) is 7.49. The largest absolute Gasteiger partial charge is 0.343 e. The number of nitrogens with one attached hydrogen (secondary N) is 1. The van der Waals surface area contributed by atoms with Crippen LogP contribution in [0.25, 0.3) is 0 Å².